The van der Waals surface area contributed by atoms with Gasteiger partial charge in [0.1, 0.15) is 0 Å². The molecule has 6 nitrogen and oxygen atoms in total. The van der Waals surface area contributed by atoms with Crippen molar-refractivity contribution >= 4 is 49.5 Å². The van der Waals surface area contributed by atoms with E-state index in [1.54, 1.807) is 42.5 Å². The highest BCUT2D eigenvalue weighted by Crippen LogP contribution is 2.39. The summed E-state index contributed by atoms with van der Waals surface area (Å²) in [5.41, 5.74) is 0.607. The summed E-state index contributed by atoms with van der Waals surface area (Å²) in [6.07, 6.45) is 1.31. The van der Waals surface area contributed by atoms with Crippen LogP contribution in [0.25, 0.3) is 10.9 Å². The van der Waals surface area contributed by atoms with Crippen LogP contribution in [0.1, 0.15) is 0 Å². The molecule has 0 aliphatic carbocycles. The number of amides is 2. The Bertz CT molecular complexity index is 1180. The minimum Gasteiger partial charge on any atom is -0.268 e. The van der Waals surface area contributed by atoms with Crippen molar-refractivity contribution < 1.29 is 18.0 Å². The van der Waals surface area contributed by atoms with Gasteiger partial charge in [-0.25, -0.2) is 17.3 Å². The summed E-state index contributed by atoms with van der Waals surface area (Å²) in [4.78, 5) is 25.7. The molecule has 1 aliphatic heterocycles. The highest BCUT2D eigenvalue weighted by Gasteiger charge is 2.37. The van der Waals surface area contributed by atoms with Gasteiger partial charge in [0.25, 0.3) is 21.2 Å². The van der Waals surface area contributed by atoms with Gasteiger partial charge in [0.05, 0.1) is 21.0 Å². The van der Waals surface area contributed by atoms with E-state index in [4.69, 9.17) is 0 Å². The van der Waals surface area contributed by atoms with Gasteiger partial charge in [-0.3, -0.25) is 9.59 Å². The molecule has 0 spiro atoms. The van der Waals surface area contributed by atoms with E-state index >= 15 is 0 Å². The quantitative estimate of drug-likeness (QED) is 0.645. The summed E-state index contributed by atoms with van der Waals surface area (Å²) in [6.45, 7) is 3.57. The number of para-hydroxylation sites is 1. The largest absolute Gasteiger partial charge is 0.298 e. The van der Waals surface area contributed by atoms with E-state index in [9.17, 15) is 18.0 Å². The number of hydrogen-bond donors (Lipinski definition) is 0. The van der Waals surface area contributed by atoms with Gasteiger partial charge < -0.3 is 0 Å². The van der Waals surface area contributed by atoms with Gasteiger partial charge >= 0.3 is 0 Å². The van der Waals surface area contributed by atoms with Crippen molar-refractivity contribution in [3.05, 3.63) is 72.3 Å². The first-order valence-electron chi connectivity index (χ1n) is 7.57. The maximum atomic E-state index is 13.1. The van der Waals surface area contributed by atoms with E-state index in [-0.39, 0.29) is 15.5 Å². The molecule has 0 bridgehead atoms. The summed E-state index contributed by atoms with van der Waals surface area (Å²) in [7, 11) is -3.88. The van der Waals surface area contributed by atoms with Crippen LogP contribution in [-0.2, 0) is 14.8 Å². The number of benzene rings is 2. The topological polar surface area (TPSA) is 76.5 Å². The third kappa shape index (κ3) is 2.38. The second-order valence-electron chi connectivity index (χ2n) is 5.58. The van der Waals surface area contributed by atoms with Crippen LogP contribution in [0.2, 0.25) is 0 Å². The molecule has 3 aromatic rings. The third-order valence-electron chi connectivity index (χ3n) is 4.03. The van der Waals surface area contributed by atoms with E-state index in [1.165, 1.54) is 18.3 Å². The molecule has 2 amide bonds. The van der Waals surface area contributed by atoms with Crippen molar-refractivity contribution in [2.45, 2.75) is 4.90 Å². The Morgan fingerprint density at radius 3 is 2.23 bits per heavy atom. The molecule has 2 aromatic carbocycles. The highest BCUT2D eigenvalue weighted by molar-refractivity contribution is 8.18. The number of carbonyl (C=O) groups excluding carboxylic acids is 2. The molecule has 0 atom stereocenters. The lowest BCUT2D eigenvalue weighted by Gasteiger charge is -2.10. The van der Waals surface area contributed by atoms with Crippen molar-refractivity contribution in [2.24, 2.45) is 0 Å². The van der Waals surface area contributed by atoms with Gasteiger partial charge in [0, 0.05) is 11.6 Å². The molecule has 1 aromatic heterocycles. The molecule has 0 N–H and O–H groups in total. The lowest BCUT2D eigenvalue weighted by Crippen LogP contribution is -2.27. The number of anilines is 1. The zero-order valence-corrected chi connectivity index (χ0v) is 15.0. The summed E-state index contributed by atoms with van der Waals surface area (Å²) in [6, 6.07) is 14.7. The van der Waals surface area contributed by atoms with Gasteiger partial charge in [0.15, 0.2) is 0 Å². The summed E-state index contributed by atoms with van der Waals surface area (Å²) in [5, 5.41) is -0.0102. The third-order valence-corrected chi connectivity index (χ3v) is 6.50. The van der Waals surface area contributed by atoms with Crippen molar-refractivity contribution in [2.75, 3.05) is 4.90 Å². The molecule has 0 saturated carbocycles. The molecular formula is C18H12N2O4S2. The number of fused-ring (bicyclic) bond motifs is 1. The zero-order chi connectivity index (χ0) is 18.5. The lowest BCUT2D eigenvalue weighted by atomic mass is 10.2. The van der Waals surface area contributed by atoms with Gasteiger partial charge in [-0.15, -0.1) is 0 Å². The maximum Gasteiger partial charge on any atom is 0.298 e. The number of rotatable bonds is 3. The van der Waals surface area contributed by atoms with E-state index in [1.807, 2.05) is 0 Å². The average molecular weight is 384 g/mol. The molecule has 1 aliphatic rings. The van der Waals surface area contributed by atoms with Crippen LogP contribution in [-0.4, -0.2) is 23.5 Å². The Balaban J connectivity index is 1.98. The maximum absolute atomic E-state index is 13.1. The van der Waals surface area contributed by atoms with Crippen LogP contribution in [0.4, 0.5) is 10.5 Å². The first-order chi connectivity index (χ1) is 12.4. The monoisotopic (exact) mass is 384 g/mol. The van der Waals surface area contributed by atoms with Crippen molar-refractivity contribution in [3.63, 3.8) is 0 Å². The molecule has 1 fully saturated rings. The second-order valence-corrected chi connectivity index (χ2v) is 8.44. The van der Waals surface area contributed by atoms with E-state index in [0.29, 0.717) is 10.9 Å². The van der Waals surface area contributed by atoms with Crippen LogP contribution in [0, 0.1) is 0 Å². The predicted octanol–water partition coefficient (Wildman–Crippen LogP) is 3.59. The fraction of sp³-hybridized carbons (Fsp3) is 0. The van der Waals surface area contributed by atoms with Crippen molar-refractivity contribution in [3.8, 4) is 0 Å². The van der Waals surface area contributed by atoms with Gasteiger partial charge in [0.2, 0.25) is 0 Å². The predicted molar refractivity (Wildman–Crippen MR) is 101 cm³/mol. The second kappa shape index (κ2) is 5.86. The van der Waals surface area contributed by atoms with Crippen LogP contribution in [0.3, 0.4) is 0 Å². The molecule has 0 radical (unpaired) electrons. The first kappa shape index (κ1) is 16.6. The summed E-state index contributed by atoms with van der Waals surface area (Å²) >= 11 is 0.737. The molecule has 8 heteroatoms. The Hall–Kier alpha value is -2.84. The Labute approximate surface area is 153 Å². The zero-order valence-electron chi connectivity index (χ0n) is 13.3. The van der Waals surface area contributed by atoms with E-state index < -0.39 is 21.2 Å². The minimum atomic E-state index is -3.88. The fourth-order valence-electron chi connectivity index (χ4n) is 2.83. The smallest absolute Gasteiger partial charge is 0.268 e. The van der Waals surface area contributed by atoms with E-state index in [0.717, 1.165) is 20.6 Å². The summed E-state index contributed by atoms with van der Waals surface area (Å²) < 4.78 is 27.2. The first-order valence-corrected chi connectivity index (χ1v) is 9.83. The number of carbonyl (C=O) groups is 2. The van der Waals surface area contributed by atoms with Crippen LogP contribution >= 0.6 is 11.8 Å². The number of imide groups is 1. The van der Waals surface area contributed by atoms with Crippen LogP contribution in [0.5, 0.6) is 0 Å². The SMILES string of the molecule is C=C1SC(=O)N(c2cn(S(=O)(=O)c3ccccc3)c3ccccc23)C1=O. The molecule has 0 unspecified atom stereocenters. The van der Waals surface area contributed by atoms with E-state index in [2.05, 4.69) is 6.58 Å². The molecule has 130 valence electrons. The van der Waals surface area contributed by atoms with Gasteiger partial charge in [-0.05, 0) is 30.0 Å². The molecule has 1 saturated heterocycles. The van der Waals surface area contributed by atoms with Gasteiger partial charge in [-0.2, -0.15) is 0 Å². The molecule has 2 heterocycles. The van der Waals surface area contributed by atoms with Gasteiger partial charge in [-0.1, -0.05) is 43.0 Å². The molecule has 4 rings (SSSR count). The number of aromatic nitrogens is 1. The molecular weight excluding hydrogens is 372 g/mol. The Morgan fingerprint density at radius 2 is 1.58 bits per heavy atom. The minimum absolute atomic E-state index is 0.109. The summed E-state index contributed by atoms with van der Waals surface area (Å²) in [5.74, 6) is -0.542. The number of hydrogen-bond acceptors (Lipinski definition) is 5. The normalized spacial score (nSPS) is 15.2. The highest BCUT2D eigenvalue weighted by atomic mass is 32.2. The molecule has 26 heavy (non-hydrogen) atoms. The number of nitrogens with zero attached hydrogens (tertiary/aromatic N) is 2. The fourth-order valence-corrected chi connectivity index (χ4v) is 4.87. The standard InChI is InChI=1S/C18H12N2O4S2/c1-12-17(21)20(18(22)25-12)16-11-19(15-10-6-5-9-14(15)16)26(23,24)13-7-3-2-4-8-13/h2-11H,1H2. The Morgan fingerprint density at radius 1 is 0.923 bits per heavy atom. The van der Waals surface area contributed by atoms with Crippen LogP contribution in [0.15, 0.2) is 77.2 Å². The van der Waals surface area contributed by atoms with Crippen LogP contribution < -0.4 is 4.90 Å². The Kier molecular flexibility index (Phi) is 3.74. The lowest BCUT2D eigenvalue weighted by molar-refractivity contribution is -0.113. The number of thioether (sulfide) groups is 1. The van der Waals surface area contributed by atoms with Crippen molar-refractivity contribution in [1.82, 2.24) is 3.97 Å². The van der Waals surface area contributed by atoms with Crippen molar-refractivity contribution in [1.29, 1.82) is 0 Å². The average Bonchev–Trinajstić information content (AvgIpc) is 3.13.